The Morgan fingerprint density at radius 3 is 2.77 bits per heavy atom. The van der Waals surface area contributed by atoms with E-state index in [0.717, 1.165) is 23.0 Å². The number of amides is 1. The number of nitrogens with zero attached hydrogens (tertiary/aromatic N) is 2. The first-order chi connectivity index (χ1) is 12.4. The van der Waals surface area contributed by atoms with Gasteiger partial charge in [0.1, 0.15) is 0 Å². The number of para-hydroxylation sites is 1. The third kappa shape index (κ3) is 3.97. The van der Waals surface area contributed by atoms with Crippen LogP contribution in [0, 0.1) is 15.9 Å². The van der Waals surface area contributed by atoms with Crippen molar-refractivity contribution >= 4 is 39.9 Å². The Morgan fingerprint density at radius 1 is 1.23 bits per heavy atom. The van der Waals surface area contributed by atoms with Crippen LogP contribution in [0.5, 0.6) is 0 Å². The van der Waals surface area contributed by atoms with E-state index in [4.69, 9.17) is 0 Å². The number of aromatic nitrogens is 1. The summed E-state index contributed by atoms with van der Waals surface area (Å²) in [5, 5.41) is 14.6. The Balaban J connectivity index is 1.71. The van der Waals surface area contributed by atoms with Crippen LogP contribution >= 0.6 is 11.8 Å². The average Bonchev–Trinajstić information content (AvgIpc) is 2.63. The van der Waals surface area contributed by atoms with Crippen molar-refractivity contribution in [1.82, 2.24) is 4.98 Å². The summed E-state index contributed by atoms with van der Waals surface area (Å²) in [6, 6.07) is 14.7. The number of hydrogen-bond donors (Lipinski definition) is 1. The average molecular weight is 371 g/mol. The molecule has 0 saturated carbocycles. The molecule has 132 valence electrons. The zero-order valence-corrected chi connectivity index (χ0v) is 14.5. The number of benzene rings is 2. The minimum Gasteiger partial charge on any atom is -0.325 e. The Morgan fingerprint density at radius 2 is 2.00 bits per heavy atom. The fourth-order valence-corrected chi connectivity index (χ4v) is 3.15. The van der Waals surface area contributed by atoms with E-state index < -0.39 is 21.7 Å². The first-order valence-electron chi connectivity index (χ1n) is 7.71. The summed E-state index contributed by atoms with van der Waals surface area (Å²) in [7, 11) is 0. The van der Waals surface area contributed by atoms with E-state index in [-0.39, 0.29) is 11.6 Å². The van der Waals surface area contributed by atoms with Crippen molar-refractivity contribution < 1.29 is 14.1 Å². The number of carbonyl (C=O) groups excluding carboxylic acids is 1. The van der Waals surface area contributed by atoms with Crippen LogP contribution in [-0.4, -0.2) is 21.1 Å². The second-order valence-corrected chi connectivity index (χ2v) is 6.88. The highest BCUT2D eigenvalue weighted by atomic mass is 32.2. The van der Waals surface area contributed by atoms with Crippen LogP contribution in [0.25, 0.3) is 10.9 Å². The Labute approximate surface area is 152 Å². The lowest BCUT2D eigenvalue weighted by atomic mass is 10.2. The number of hydrogen-bond acceptors (Lipinski definition) is 5. The number of pyridine rings is 1. The SMILES string of the molecule is CC(Sc1ccc2ccccc2n1)C(=O)Nc1ccc(F)c([N+](=O)[O-])c1. The molecule has 0 aliphatic carbocycles. The normalized spacial score (nSPS) is 11.9. The molecule has 1 heterocycles. The van der Waals surface area contributed by atoms with Crippen molar-refractivity contribution in [1.29, 1.82) is 0 Å². The summed E-state index contributed by atoms with van der Waals surface area (Å²) in [6.07, 6.45) is 0. The summed E-state index contributed by atoms with van der Waals surface area (Å²) >= 11 is 1.27. The van der Waals surface area contributed by atoms with Crippen molar-refractivity contribution in [3.8, 4) is 0 Å². The Kier molecular flexibility index (Phi) is 5.13. The molecule has 0 spiro atoms. The molecule has 2 aromatic carbocycles. The van der Waals surface area contributed by atoms with Gasteiger partial charge in [0, 0.05) is 17.1 Å². The predicted octanol–water partition coefficient (Wildman–Crippen LogP) is 4.40. The lowest BCUT2D eigenvalue weighted by Gasteiger charge is -2.12. The molecule has 3 aromatic rings. The number of anilines is 1. The molecule has 1 atom stereocenters. The highest BCUT2D eigenvalue weighted by Crippen LogP contribution is 2.26. The second kappa shape index (κ2) is 7.49. The molecule has 1 amide bonds. The standard InChI is InChI=1S/C18H14FN3O3S/c1-11(26-17-9-6-12-4-2-3-5-15(12)21-17)18(23)20-13-7-8-14(19)16(10-13)22(24)25/h2-11H,1H3,(H,20,23). The number of rotatable bonds is 5. The first kappa shape index (κ1) is 17.8. The van der Waals surface area contributed by atoms with Gasteiger partial charge in [0.15, 0.2) is 0 Å². The number of nitrogens with one attached hydrogen (secondary N) is 1. The van der Waals surface area contributed by atoms with Gasteiger partial charge >= 0.3 is 5.69 Å². The molecular formula is C18H14FN3O3S. The van der Waals surface area contributed by atoms with Gasteiger partial charge in [0.2, 0.25) is 11.7 Å². The lowest BCUT2D eigenvalue weighted by Crippen LogP contribution is -2.22. The topological polar surface area (TPSA) is 85.1 Å². The molecule has 3 rings (SSSR count). The van der Waals surface area contributed by atoms with Gasteiger partial charge in [0.25, 0.3) is 0 Å². The second-order valence-electron chi connectivity index (χ2n) is 5.51. The number of halogens is 1. The lowest BCUT2D eigenvalue weighted by molar-refractivity contribution is -0.387. The van der Waals surface area contributed by atoms with Gasteiger partial charge in [-0.2, -0.15) is 4.39 Å². The summed E-state index contributed by atoms with van der Waals surface area (Å²) in [4.78, 5) is 26.8. The molecule has 1 unspecified atom stereocenters. The third-order valence-electron chi connectivity index (χ3n) is 3.65. The first-order valence-corrected chi connectivity index (χ1v) is 8.59. The van der Waals surface area contributed by atoms with Gasteiger partial charge in [-0.1, -0.05) is 36.0 Å². The minimum absolute atomic E-state index is 0.169. The summed E-state index contributed by atoms with van der Waals surface area (Å²) in [5.41, 5.74) is 0.320. The van der Waals surface area contributed by atoms with Crippen LogP contribution in [-0.2, 0) is 4.79 Å². The summed E-state index contributed by atoms with van der Waals surface area (Å²) < 4.78 is 13.4. The van der Waals surface area contributed by atoms with Crippen LogP contribution < -0.4 is 5.32 Å². The van der Waals surface area contributed by atoms with Gasteiger partial charge in [-0.3, -0.25) is 14.9 Å². The van der Waals surface area contributed by atoms with Crippen molar-refractivity contribution in [2.75, 3.05) is 5.32 Å². The number of nitro benzene ring substituents is 1. The fraction of sp³-hybridized carbons (Fsp3) is 0.111. The quantitative estimate of drug-likeness (QED) is 0.408. The van der Waals surface area contributed by atoms with Crippen LogP contribution in [0.4, 0.5) is 15.8 Å². The summed E-state index contributed by atoms with van der Waals surface area (Å²) in [5.74, 6) is -1.30. The molecule has 1 N–H and O–H groups in total. The molecule has 26 heavy (non-hydrogen) atoms. The van der Waals surface area contributed by atoms with Crippen LogP contribution in [0.1, 0.15) is 6.92 Å². The van der Waals surface area contributed by atoms with Crippen LogP contribution in [0.3, 0.4) is 0 Å². The van der Waals surface area contributed by atoms with E-state index >= 15 is 0 Å². The van der Waals surface area contributed by atoms with Gasteiger partial charge in [-0.25, -0.2) is 4.98 Å². The monoisotopic (exact) mass is 371 g/mol. The molecule has 0 aliphatic heterocycles. The molecule has 0 saturated heterocycles. The van der Waals surface area contributed by atoms with Crippen molar-refractivity contribution in [3.63, 3.8) is 0 Å². The minimum atomic E-state index is -0.948. The predicted molar refractivity (Wildman–Crippen MR) is 98.7 cm³/mol. The number of fused-ring (bicyclic) bond motifs is 1. The van der Waals surface area contributed by atoms with E-state index in [9.17, 15) is 19.3 Å². The van der Waals surface area contributed by atoms with Gasteiger partial charge < -0.3 is 5.32 Å². The number of carbonyl (C=O) groups is 1. The molecular weight excluding hydrogens is 357 g/mol. The Bertz CT molecular complexity index is 996. The molecule has 0 radical (unpaired) electrons. The number of nitro groups is 1. The maximum atomic E-state index is 13.4. The summed E-state index contributed by atoms with van der Waals surface area (Å²) in [6.45, 7) is 1.70. The van der Waals surface area contributed by atoms with Gasteiger partial charge in [-0.15, -0.1) is 0 Å². The molecule has 8 heteroatoms. The molecule has 6 nitrogen and oxygen atoms in total. The van der Waals surface area contributed by atoms with Crippen molar-refractivity contribution in [3.05, 3.63) is 70.5 Å². The number of thioether (sulfide) groups is 1. The maximum absolute atomic E-state index is 13.4. The van der Waals surface area contributed by atoms with Gasteiger partial charge in [0.05, 0.1) is 20.7 Å². The zero-order valence-electron chi connectivity index (χ0n) is 13.7. The molecule has 0 fully saturated rings. The van der Waals surface area contributed by atoms with E-state index in [1.165, 1.54) is 17.8 Å². The van der Waals surface area contributed by atoms with E-state index in [1.807, 2.05) is 36.4 Å². The van der Waals surface area contributed by atoms with Crippen molar-refractivity contribution in [2.45, 2.75) is 17.2 Å². The zero-order chi connectivity index (χ0) is 18.7. The van der Waals surface area contributed by atoms with Crippen LogP contribution in [0.2, 0.25) is 0 Å². The van der Waals surface area contributed by atoms with Gasteiger partial charge in [-0.05, 0) is 31.2 Å². The molecule has 0 aliphatic rings. The van der Waals surface area contributed by atoms with Crippen LogP contribution in [0.15, 0.2) is 59.6 Å². The Hall–Kier alpha value is -3.00. The van der Waals surface area contributed by atoms with Crippen molar-refractivity contribution in [2.24, 2.45) is 0 Å². The van der Waals surface area contributed by atoms with E-state index in [1.54, 1.807) is 6.92 Å². The highest BCUT2D eigenvalue weighted by molar-refractivity contribution is 8.00. The molecule has 0 bridgehead atoms. The van der Waals surface area contributed by atoms with E-state index in [2.05, 4.69) is 10.3 Å². The van der Waals surface area contributed by atoms with E-state index in [0.29, 0.717) is 5.03 Å². The third-order valence-corrected chi connectivity index (χ3v) is 4.69. The smallest absolute Gasteiger partial charge is 0.306 e. The maximum Gasteiger partial charge on any atom is 0.306 e. The fourth-order valence-electron chi connectivity index (χ4n) is 2.32. The largest absolute Gasteiger partial charge is 0.325 e. The molecule has 1 aromatic heterocycles. The highest BCUT2D eigenvalue weighted by Gasteiger charge is 2.19.